The Kier molecular flexibility index (Phi) is 6.62. The Morgan fingerprint density at radius 1 is 1.52 bits per heavy atom. The van der Waals surface area contributed by atoms with E-state index in [1.807, 2.05) is 24.3 Å². The summed E-state index contributed by atoms with van der Waals surface area (Å²) in [5.74, 6) is 0.749. The molecule has 2 atom stereocenters. The number of amides is 1. The number of allylic oxidation sites excluding steroid dienone is 1. The van der Waals surface area contributed by atoms with Gasteiger partial charge in [0.1, 0.15) is 5.75 Å². The first-order valence-corrected chi connectivity index (χ1v) is 8.12. The van der Waals surface area contributed by atoms with Crippen LogP contribution >= 0.6 is 0 Å². The normalized spacial score (nSPS) is 19.3. The fraction of sp³-hybridized carbons (Fsp3) is 0.500. The molecule has 126 valence electrons. The third-order valence-electron chi connectivity index (χ3n) is 4.17. The second-order valence-corrected chi connectivity index (χ2v) is 5.89. The Hall–Kier alpha value is -1.85. The van der Waals surface area contributed by atoms with Gasteiger partial charge < -0.3 is 15.2 Å². The van der Waals surface area contributed by atoms with Crippen LogP contribution in [0.1, 0.15) is 25.7 Å². The smallest absolute Gasteiger partial charge is 0.241 e. The Morgan fingerprint density at radius 3 is 2.91 bits per heavy atom. The first-order valence-electron chi connectivity index (χ1n) is 8.12. The molecule has 5 nitrogen and oxygen atoms in total. The lowest BCUT2D eigenvalue weighted by Crippen LogP contribution is -2.43. The number of rotatable bonds is 8. The summed E-state index contributed by atoms with van der Waals surface area (Å²) in [5, 5.41) is 13.0. The van der Waals surface area contributed by atoms with Gasteiger partial charge in [0.2, 0.25) is 5.91 Å². The summed E-state index contributed by atoms with van der Waals surface area (Å²) < 4.78 is 5.11. The second-order valence-electron chi connectivity index (χ2n) is 5.89. The lowest BCUT2D eigenvalue weighted by atomic mass is 10.1. The predicted octanol–water partition coefficient (Wildman–Crippen LogP) is 2.43. The molecule has 1 aliphatic rings. The number of aliphatic hydroxyl groups is 1. The standard InChI is InChI=1S/C18H26N2O3/c1-3-4-6-15(21)13-20-12-5-7-17(20)18(22)19-14-8-10-16(23-2)11-9-14/h3,8-11,15,17,21H,1,4-7,12-13H2,2H3,(H,19,22). The number of aliphatic hydroxyl groups excluding tert-OH is 1. The third-order valence-corrected chi connectivity index (χ3v) is 4.17. The maximum Gasteiger partial charge on any atom is 0.241 e. The van der Waals surface area contributed by atoms with Crippen molar-refractivity contribution < 1.29 is 14.6 Å². The van der Waals surface area contributed by atoms with Crippen molar-refractivity contribution in [2.75, 3.05) is 25.5 Å². The Balaban J connectivity index is 1.90. The molecule has 0 saturated carbocycles. The van der Waals surface area contributed by atoms with Crippen LogP contribution in [0.3, 0.4) is 0 Å². The molecular weight excluding hydrogens is 292 g/mol. The Labute approximate surface area is 137 Å². The molecule has 2 rings (SSSR count). The van der Waals surface area contributed by atoms with E-state index < -0.39 is 6.10 Å². The number of hydrogen-bond acceptors (Lipinski definition) is 4. The molecule has 1 amide bonds. The van der Waals surface area contributed by atoms with Gasteiger partial charge in [-0.25, -0.2) is 0 Å². The van der Waals surface area contributed by atoms with Crippen LogP contribution in [-0.4, -0.2) is 48.3 Å². The van der Waals surface area contributed by atoms with Crippen molar-refractivity contribution in [2.45, 2.75) is 37.8 Å². The molecule has 1 aromatic rings. The molecule has 0 spiro atoms. The zero-order valence-corrected chi connectivity index (χ0v) is 13.7. The Bertz CT molecular complexity index is 516. The number of nitrogens with zero attached hydrogens (tertiary/aromatic N) is 1. The van der Waals surface area contributed by atoms with Gasteiger partial charge in [0, 0.05) is 12.2 Å². The van der Waals surface area contributed by atoms with Crippen molar-refractivity contribution in [2.24, 2.45) is 0 Å². The summed E-state index contributed by atoms with van der Waals surface area (Å²) in [4.78, 5) is 14.6. The van der Waals surface area contributed by atoms with E-state index in [2.05, 4.69) is 16.8 Å². The minimum atomic E-state index is -0.414. The number of methoxy groups -OCH3 is 1. The van der Waals surface area contributed by atoms with Crippen LogP contribution < -0.4 is 10.1 Å². The van der Waals surface area contributed by atoms with Gasteiger partial charge in [0.25, 0.3) is 0 Å². The van der Waals surface area contributed by atoms with Gasteiger partial charge in [-0.05, 0) is 56.5 Å². The highest BCUT2D eigenvalue weighted by Crippen LogP contribution is 2.21. The van der Waals surface area contributed by atoms with Crippen LogP contribution in [0, 0.1) is 0 Å². The summed E-state index contributed by atoms with van der Waals surface area (Å²) in [7, 11) is 1.61. The van der Waals surface area contributed by atoms with Crippen molar-refractivity contribution in [1.29, 1.82) is 0 Å². The maximum atomic E-state index is 12.5. The van der Waals surface area contributed by atoms with Crippen LogP contribution in [-0.2, 0) is 4.79 Å². The van der Waals surface area contributed by atoms with E-state index >= 15 is 0 Å². The zero-order chi connectivity index (χ0) is 16.7. The number of ether oxygens (including phenoxy) is 1. The van der Waals surface area contributed by atoms with Gasteiger partial charge in [-0.1, -0.05) is 6.08 Å². The van der Waals surface area contributed by atoms with Crippen LogP contribution in [0.5, 0.6) is 5.75 Å². The largest absolute Gasteiger partial charge is 0.497 e. The number of anilines is 1. The van der Waals surface area contributed by atoms with Gasteiger partial charge in [0.05, 0.1) is 19.3 Å². The van der Waals surface area contributed by atoms with Gasteiger partial charge in [-0.15, -0.1) is 6.58 Å². The second kappa shape index (κ2) is 8.70. The van der Waals surface area contributed by atoms with E-state index in [-0.39, 0.29) is 11.9 Å². The number of nitrogens with one attached hydrogen (secondary N) is 1. The summed E-state index contributed by atoms with van der Waals surface area (Å²) >= 11 is 0. The molecule has 2 N–H and O–H groups in total. The van der Waals surface area contributed by atoms with E-state index in [4.69, 9.17) is 4.74 Å². The van der Waals surface area contributed by atoms with E-state index in [0.717, 1.165) is 37.2 Å². The Morgan fingerprint density at radius 2 is 2.26 bits per heavy atom. The molecule has 5 heteroatoms. The molecular formula is C18H26N2O3. The first kappa shape index (κ1) is 17.5. The quantitative estimate of drug-likeness (QED) is 0.723. The highest BCUT2D eigenvalue weighted by atomic mass is 16.5. The zero-order valence-electron chi connectivity index (χ0n) is 13.7. The third kappa shape index (κ3) is 5.08. The van der Waals surface area contributed by atoms with E-state index in [1.165, 1.54) is 0 Å². The average molecular weight is 318 g/mol. The maximum absolute atomic E-state index is 12.5. The molecule has 0 radical (unpaired) electrons. The lowest BCUT2D eigenvalue weighted by Gasteiger charge is -2.26. The molecule has 2 unspecified atom stereocenters. The van der Waals surface area contributed by atoms with Crippen molar-refractivity contribution in [3.63, 3.8) is 0 Å². The summed E-state index contributed by atoms with van der Waals surface area (Å²) in [5.41, 5.74) is 0.759. The predicted molar refractivity (Wildman–Crippen MR) is 91.7 cm³/mol. The van der Waals surface area contributed by atoms with E-state index in [9.17, 15) is 9.90 Å². The number of hydrogen-bond donors (Lipinski definition) is 2. The fourth-order valence-electron chi connectivity index (χ4n) is 2.91. The van der Waals surface area contributed by atoms with E-state index in [1.54, 1.807) is 13.2 Å². The molecule has 1 fully saturated rings. The highest BCUT2D eigenvalue weighted by molar-refractivity contribution is 5.95. The van der Waals surface area contributed by atoms with E-state index in [0.29, 0.717) is 13.0 Å². The van der Waals surface area contributed by atoms with Crippen LogP contribution in [0.25, 0.3) is 0 Å². The number of benzene rings is 1. The molecule has 1 aliphatic heterocycles. The van der Waals surface area contributed by atoms with Gasteiger partial charge >= 0.3 is 0 Å². The first-order chi connectivity index (χ1) is 11.1. The van der Waals surface area contributed by atoms with Crippen molar-refractivity contribution in [3.8, 4) is 5.75 Å². The number of carbonyl (C=O) groups excluding carboxylic acids is 1. The van der Waals surface area contributed by atoms with Crippen LogP contribution in [0.15, 0.2) is 36.9 Å². The van der Waals surface area contributed by atoms with Gasteiger partial charge in [-0.3, -0.25) is 9.69 Å². The SMILES string of the molecule is C=CCCC(O)CN1CCCC1C(=O)Nc1ccc(OC)cc1. The minimum Gasteiger partial charge on any atom is -0.497 e. The highest BCUT2D eigenvalue weighted by Gasteiger charge is 2.31. The van der Waals surface area contributed by atoms with Crippen LogP contribution in [0.4, 0.5) is 5.69 Å². The summed E-state index contributed by atoms with van der Waals surface area (Å²) in [6.45, 7) is 5.06. The molecule has 1 heterocycles. The number of β-amino-alcohol motifs (C(OH)–C–C–N with tert-alkyl or cyclic N) is 1. The van der Waals surface area contributed by atoms with Crippen molar-refractivity contribution in [3.05, 3.63) is 36.9 Å². The number of likely N-dealkylation sites (tertiary alicyclic amines) is 1. The fourth-order valence-corrected chi connectivity index (χ4v) is 2.91. The van der Waals surface area contributed by atoms with Crippen LogP contribution in [0.2, 0.25) is 0 Å². The number of carbonyl (C=O) groups is 1. The monoisotopic (exact) mass is 318 g/mol. The molecule has 1 aromatic carbocycles. The van der Waals surface area contributed by atoms with Crippen molar-refractivity contribution >= 4 is 11.6 Å². The topological polar surface area (TPSA) is 61.8 Å². The molecule has 0 aromatic heterocycles. The molecule has 1 saturated heterocycles. The summed E-state index contributed by atoms with van der Waals surface area (Å²) in [6, 6.07) is 7.13. The average Bonchev–Trinajstić information content (AvgIpc) is 3.01. The molecule has 23 heavy (non-hydrogen) atoms. The molecule has 0 aliphatic carbocycles. The minimum absolute atomic E-state index is 0.0106. The molecule has 0 bridgehead atoms. The van der Waals surface area contributed by atoms with Crippen molar-refractivity contribution in [1.82, 2.24) is 4.90 Å². The van der Waals surface area contributed by atoms with Gasteiger partial charge in [0.15, 0.2) is 0 Å². The summed E-state index contributed by atoms with van der Waals surface area (Å²) in [6.07, 6.45) is 4.68. The van der Waals surface area contributed by atoms with Gasteiger partial charge in [-0.2, -0.15) is 0 Å². The lowest BCUT2D eigenvalue weighted by molar-refractivity contribution is -0.120.